The predicted octanol–water partition coefficient (Wildman–Crippen LogP) is 2.23. The van der Waals surface area contributed by atoms with Crippen molar-refractivity contribution < 1.29 is 4.79 Å². The monoisotopic (exact) mass is 318 g/mol. The van der Waals surface area contributed by atoms with Crippen molar-refractivity contribution in [2.45, 2.75) is 6.54 Å². The number of aromatic nitrogens is 5. The highest BCUT2D eigenvalue weighted by Gasteiger charge is 2.11. The van der Waals surface area contributed by atoms with Gasteiger partial charge in [0, 0.05) is 30.7 Å². The van der Waals surface area contributed by atoms with Crippen molar-refractivity contribution in [1.29, 1.82) is 0 Å². The van der Waals surface area contributed by atoms with E-state index in [9.17, 15) is 4.79 Å². The maximum Gasteiger partial charge on any atom is 0.258 e. The summed E-state index contributed by atoms with van der Waals surface area (Å²) in [4.78, 5) is 16.5. The molecule has 0 aliphatic rings. The lowest BCUT2D eigenvalue weighted by Crippen LogP contribution is -2.14. The third kappa shape index (κ3) is 2.74. The summed E-state index contributed by atoms with van der Waals surface area (Å²) in [6, 6.07) is 13.0. The number of imidazole rings is 1. The van der Waals surface area contributed by atoms with Gasteiger partial charge in [0.25, 0.3) is 5.91 Å². The van der Waals surface area contributed by atoms with Crippen LogP contribution in [0.2, 0.25) is 0 Å². The zero-order valence-electron chi connectivity index (χ0n) is 12.7. The van der Waals surface area contributed by atoms with Crippen LogP contribution in [0.4, 0.5) is 5.95 Å². The van der Waals surface area contributed by atoms with Crippen LogP contribution in [-0.4, -0.2) is 30.1 Å². The van der Waals surface area contributed by atoms with Crippen molar-refractivity contribution in [3.63, 3.8) is 0 Å². The lowest BCUT2D eigenvalue weighted by Gasteiger charge is -2.06. The van der Waals surface area contributed by atoms with Crippen molar-refractivity contribution in [3.8, 4) is 0 Å². The van der Waals surface area contributed by atoms with Crippen molar-refractivity contribution in [3.05, 3.63) is 78.5 Å². The Bertz CT molecular complexity index is 989. The first-order valence-corrected chi connectivity index (χ1v) is 7.45. The molecule has 0 fully saturated rings. The van der Waals surface area contributed by atoms with Crippen molar-refractivity contribution in [2.75, 3.05) is 5.32 Å². The number of pyridine rings is 1. The average molecular weight is 318 g/mol. The molecule has 4 aromatic rings. The highest BCUT2D eigenvalue weighted by molar-refractivity contribution is 6.03. The number of hydrogen-bond acceptors (Lipinski definition) is 4. The van der Waals surface area contributed by atoms with Gasteiger partial charge < -0.3 is 4.57 Å². The number of carbonyl (C=O) groups excluding carboxylic acids is 1. The van der Waals surface area contributed by atoms with Gasteiger partial charge in [-0.05, 0) is 29.8 Å². The Morgan fingerprint density at radius 3 is 2.92 bits per heavy atom. The highest BCUT2D eigenvalue weighted by atomic mass is 16.1. The molecular formula is C17H14N6O. The van der Waals surface area contributed by atoms with Crippen molar-refractivity contribution in [1.82, 2.24) is 24.1 Å². The Labute approximate surface area is 137 Å². The fourth-order valence-electron chi connectivity index (χ4n) is 2.50. The zero-order valence-corrected chi connectivity index (χ0v) is 12.7. The van der Waals surface area contributed by atoms with Gasteiger partial charge in [-0.2, -0.15) is 0 Å². The molecule has 0 aliphatic heterocycles. The van der Waals surface area contributed by atoms with Crippen LogP contribution in [0.25, 0.3) is 5.65 Å². The van der Waals surface area contributed by atoms with Gasteiger partial charge >= 0.3 is 0 Å². The molecular weight excluding hydrogens is 304 g/mol. The molecule has 0 atom stereocenters. The number of amides is 1. The van der Waals surface area contributed by atoms with E-state index in [1.54, 1.807) is 29.2 Å². The van der Waals surface area contributed by atoms with Gasteiger partial charge in [-0.3, -0.25) is 14.5 Å². The molecule has 4 rings (SSSR count). The van der Waals surface area contributed by atoms with Crippen LogP contribution in [0.15, 0.2) is 67.4 Å². The second-order valence-corrected chi connectivity index (χ2v) is 5.34. The van der Waals surface area contributed by atoms with E-state index >= 15 is 0 Å². The molecule has 24 heavy (non-hydrogen) atoms. The van der Waals surface area contributed by atoms with Gasteiger partial charge in [0.1, 0.15) is 0 Å². The van der Waals surface area contributed by atoms with E-state index < -0.39 is 0 Å². The highest BCUT2D eigenvalue weighted by Crippen LogP contribution is 2.12. The molecule has 0 aliphatic carbocycles. The SMILES string of the molecule is O=C(Nc1nnc2ccccn12)c1cccc(Cn2ccnc2)c1. The van der Waals surface area contributed by atoms with E-state index in [4.69, 9.17) is 0 Å². The summed E-state index contributed by atoms with van der Waals surface area (Å²) in [7, 11) is 0. The lowest BCUT2D eigenvalue weighted by atomic mass is 10.1. The van der Waals surface area contributed by atoms with Crippen LogP contribution in [0.3, 0.4) is 0 Å². The molecule has 7 heteroatoms. The number of benzene rings is 1. The summed E-state index contributed by atoms with van der Waals surface area (Å²) in [6.07, 6.45) is 7.16. The third-order valence-corrected chi connectivity index (χ3v) is 3.65. The molecule has 118 valence electrons. The summed E-state index contributed by atoms with van der Waals surface area (Å²) >= 11 is 0. The molecule has 1 N–H and O–H groups in total. The molecule has 0 spiro atoms. The quantitative estimate of drug-likeness (QED) is 0.626. The first-order chi connectivity index (χ1) is 11.8. The molecule has 1 aromatic carbocycles. The fourth-order valence-corrected chi connectivity index (χ4v) is 2.50. The number of anilines is 1. The normalized spacial score (nSPS) is 10.8. The van der Waals surface area contributed by atoms with Gasteiger partial charge in [-0.15, -0.1) is 10.2 Å². The maximum absolute atomic E-state index is 12.5. The van der Waals surface area contributed by atoms with E-state index in [2.05, 4.69) is 20.5 Å². The second kappa shape index (κ2) is 5.96. The predicted molar refractivity (Wildman–Crippen MR) is 88.7 cm³/mol. The molecule has 0 bridgehead atoms. The van der Waals surface area contributed by atoms with E-state index in [-0.39, 0.29) is 5.91 Å². The van der Waals surface area contributed by atoms with Crippen molar-refractivity contribution in [2.24, 2.45) is 0 Å². The minimum absolute atomic E-state index is 0.222. The van der Waals surface area contributed by atoms with E-state index in [1.807, 2.05) is 47.2 Å². The van der Waals surface area contributed by atoms with E-state index in [1.165, 1.54) is 0 Å². The molecule has 0 radical (unpaired) electrons. The molecule has 3 aromatic heterocycles. The van der Waals surface area contributed by atoms with Crippen molar-refractivity contribution >= 4 is 17.5 Å². The number of nitrogens with zero attached hydrogens (tertiary/aromatic N) is 5. The van der Waals surface area contributed by atoms with Crippen LogP contribution in [0.5, 0.6) is 0 Å². The molecule has 0 saturated carbocycles. The fraction of sp³-hybridized carbons (Fsp3) is 0.0588. The van der Waals surface area contributed by atoms with Gasteiger partial charge in [-0.1, -0.05) is 18.2 Å². The number of hydrogen-bond donors (Lipinski definition) is 1. The summed E-state index contributed by atoms with van der Waals surface area (Å²) < 4.78 is 3.68. The Kier molecular flexibility index (Phi) is 3.51. The van der Waals surface area contributed by atoms with Crippen LogP contribution >= 0.6 is 0 Å². The minimum atomic E-state index is -0.222. The van der Waals surface area contributed by atoms with Gasteiger partial charge in [-0.25, -0.2) is 4.98 Å². The summed E-state index contributed by atoms with van der Waals surface area (Å²) in [5, 5.41) is 10.8. The Morgan fingerprint density at radius 1 is 1.08 bits per heavy atom. The second-order valence-electron chi connectivity index (χ2n) is 5.34. The van der Waals surface area contributed by atoms with Gasteiger partial charge in [0.2, 0.25) is 5.95 Å². The molecule has 7 nitrogen and oxygen atoms in total. The Morgan fingerprint density at radius 2 is 2.04 bits per heavy atom. The Balaban J connectivity index is 1.56. The average Bonchev–Trinajstić information content (AvgIpc) is 3.25. The Hall–Kier alpha value is -3.48. The minimum Gasteiger partial charge on any atom is -0.333 e. The molecule has 0 saturated heterocycles. The molecule has 3 heterocycles. The molecule has 0 unspecified atom stereocenters. The summed E-state index contributed by atoms with van der Waals surface area (Å²) in [6.45, 7) is 0.662. The van der Waals surface area contributed by atoms with E-state index in [0.717, 1.165) is 5.56 Å². The molecule has 1 amide bonds. The third-order valence-electron chi connectivity index (χ3n) is 3.65. The first kappa shape index (κ1) is 14.1. The van der Waals surface area contributed by atoms with Crippen LogP contribution < -0.4 is 5.32 Å². The van der Waals surface area contributed by atoms with Crippen LogP contribution in [0, 0.1) is 0 Å². The first-order valence-electron chi connectivity index (χ1n) is 7.45. The standard InChI is InChI=1S/C17H14N6O/c24-16(19-17-21-20-15-6-1-2-8-23(15)17)14-5-3-4-13(10-14)11-22-9-7-18-12-22/h1-10,12H,11H2,(H,19,21,24). The van der Waals surface area contributed by atoms with E-state index in [0.29, 0.717) is 23.7 Å². The lowest BCUT2D eigenvalue weighted by molar-refractivity contribution is 0.102. The maximum atomic E-state index is 12.5. The number of nitrogens with one attached hydrogen (secondary N) is 1. The number of fused-ring (bicyclic) bond motifs is 1. The number of carbonyl (C=O) groups is 1. The zero-order chi connectivity index (χ0) is 16.4. The number of rotatable bonds is 4. The summed E-state index contributed by atoms with van der Waals surface area (Å²) in [5.41, 5.74) is 2.27. The smallest absolute Gasteiger partial charge is 0.258 e. The van der Waals surface area contributed by atoms with Crippen LogP contribution in [0.1, 0.15) is 15.9 Å². The topological polar surface area (TPSA) is 77.1 Å². The summed E-state index contributed by atoms with van der Waals surface area (Å²) in [5.74, 6) is 0.177. The van der Waals surface area contributed by atoms with Gasteiger partial charge in [0.15, 0.2) is 5.65 Å². The van der Waals surface area contributed by atoms with Gasteiger partial charge in [0.05, 0.1) is 6.33 Å². The van der Waals surface area contributed by atoms with Crippen LogP contribution in [-0.2, 0) is 6.54 Å². The largest absolute Gasteiger partial charge is 0.333 e.